The number of ether oxygens (including phenoxy) is 1. The summed E-state index contributed by atoms with van der Waals surface area (Å²) in [5, 5.41) is 6.73. The van der Waals surface area contributed by atoms with Gasteiger partial charge >= 0.3 is 12.1 Å². The Morgan fingerprint density at radius 1 is 1.13 bits per heavy atom. The Morgan fingerprint density at radius 3 is 2.47 bits per heavy atom. The maximum absolute atomic E-state index is 13.0. The van der Waals surface area contributed by atoms with Gasteiger partial charge in [0.05, 0.1) is 40.9 Å². The molecule has 0 saturated carbocycles. The number of alkyl halides is 3. The number of nitrogens with zero attached hydrogens (tertiary/aromatic N) is 2. The molecule has 0 aliphatic heterocycles. The molecule has 6 nitrogen and oxygen atoms in total. The second-order valence-corrected chi connectivity index (χ2v) is 6.36. The molecule has 9 heteroatoms. The highest BCUT2D eigenvalue weighted by atomic mass is 19.4. The summed E-state index contributed by atoms with van der Waals surface area (Å²) >= 11 is 0. The van der Waals surface area contributed by atoms with Crippen LogP contribution in [0.25, 0.3) is 5.69 Å². The number of hydrogen-bond donors (Lipinski definition) is 1. The first kappa shape index (κ1) is 21.1. The van der Waals surface area contributed by atoms with Crippen molar-refractivity contribution in [2.75, 3.05) is 11.9 Å². The number of rotatable bonds is 5. The summed E-state index contributed by atoms with van der Waals surface area (Å²) in [5.74, 6) is -0.941. The zero-order valence-electron chi connectivity index (χ0n) is 16.2. The number of halogens is 3. The molecular formula is C21H18F3N3O3. The number of carbonyl (C=O) groups is 2. The molecule has 0 atom stereocenters. The molecule has 2 aromatic carbocycles. The van der Waals surface area contributed by atoms with Crippen LogP contribution < -0.4 is 5.32 Å². The highest BCUT2D eigenvalue weighted by Crippen LogP contribution is 2.30. The summed E-state index contributed by atoms with van der Waals surface area (Å²) in [6, 6.07) is 10.8. The molecule has 3 rings (SSSR count). The first-order valence-electron chi connectivity index (χ1n) is 9.01. The topological polar surface area (TPSA) is 73.2 Å². The monoisotopic (exact) mass is 417 g/mol. The zero-order chi connectivity index (χ0) is 21.9. The fourth-order valence-corrected chi connectivity index (χ4v) is 2.81. The van der Waals surface area contributed by atoms with E-state index in [2.05, 4.69) is 10.4 Å². The van der Waals surface area contributed by atoms with Crippen LogP contribution in [-0.2, 0) is 10.9 Å². The smallest absolute Gasteiger partial charge is 0.416 e. The van der Waals surface area contributed by atoms with E-state index < -0.39 is 23.6 Å². The molecule has 0 fully saturated rings. The second-order valence-electron chi connectivity index (χ2n) is 6.36. The Balaban J connectivity index is 1.79. The number of esters is 1. The predicted molar refractivity (Wildman–Crippen MR) is 104 cm³/mol. The van der Waals surface area contributed by atoms with Crippen LogP contribution in [0.5, 0.6) is 0 Å². The molecule has 0 unspecified atom stereocenters. The van der Waals surface area contributed by atoms with Crippen molar-refractivity contribution in [1.29, 1.82) is 0 Å². The second kappa shape index (κ2) is 8.40. The van der Waals surface area contributed by atoms with Gasteiger partial charge < -0.3 is 10.1 Å². The van der Waals surface area contributed by atoms with Crippen LogP contribution in [0.1, 0.15) is 38.9 Å². The first-order valence-corrected chi connectivity index (χ1v) is 9.01. The summed E-state index contributed by atoms with van der Waals surface area (Å²) in [4.78, 5) is 24.3. The van der Waals surface area contributed by atoms with E-state index in [0.717, 1.165) is 12.1 Å². The van der Waals surface area contributed by atoms with Gasteiger partial charge in [0.15, 0.2) is 0 Å². The molecule has 0 bridgehead atoms. The van der Waals surface area contributed by atoms with Crippen LogP contribution in [-0.4, -0.2) is 28.3 Å². The lowest BCUT2D eigenvalue weighted by Crippen LogP contribution is -2.13. The Labute approximate surface area is 170 Å². The third-order valence-corrected chi connectivity index (χ3v) is 4.33. The van der Waals surface area contributed by atoms with Crippen molar-refractivity contribution >= 4 is 17.6 Å². The molecule has 30 heavy (non-hydrogen) atoms. The zero-order valence-corrected chi connectivity index (χ0v) is 16.2. The maximum Gasteiger partial charge on any atom is 0.416 e. The Bertz CT molecular complexity index is 1070. The number of anilines is 1. The Kier molecular flexibility index (Phi) is 5.91. The largest absolute Gasteiger partial charge is 0.462 e. The summed E-state index contributed by atoms with van der Waals surface area (Å²) in [5.41, 5.74) is 0.780. The van der Waals surface area contributed by atoms with Crippen LogP contribution in [0.4, 0.5) is 18.9 Å². The van der Waals surface area contributed by atoms with E-state index in [0.29, 0.717) is 16.9 Å². The van der Waals surface area contributed by atoms with E-state index in [9.17, 15) is 22.8 Å². The van der Waals surface area contributed by atoms with Crippen molar-refractivity contribution in [2.45, 2.75) is 20.0 Å². The van der Waals surface area contributed by atoms with Crippen LogP contribution >= 0.6 is 0 Å². The van der Waals surface area contributed by atoms with Gasteiger partial charge in [-0.1, -0.05) is 6.07 Å². The predicted octanol–water partition coefficient (Wildman–Crippen LogP) is 4.63. The van der Waals surface area contributed by atoms with Crippen molar-refractivity contribution in [3.8, 4) is 5.69 Å². The van der Waals surface area contributed by atoms with Gasteiger partial charge in [-0.05, 0) is 56.3 Å². The van der Waals surface area contributed by atoms with Gasteiger partial charge in [-0.25, -0.2) is 9.48 Å². The molecule has 0 spiro atoms. The number of hydrogen-bond acceptors (Lipinski definition) is 4. The molecule has 1 heterocycles. The van der Waals surface area contributed by atoms with Crippen molar-refractivity contribution in [1.82, 2.24) is 9.78 Å². The molecule has 156 valence electrons. The summed E-state index contributed by atoms with van der Waals surface area (Å²) in [6.07, 6.45) is -3.19. The van der Waals surface area contributed by atoms with E-state index in [1.54, 1.807) is 26.0 Å². The lowest BCUT2D eigenvalue weighted by Gasteiger charge is -2.10. The van der Waals surface area contributed by atoms with Gasteiger partial charge in [0.1, 0.15) is 0 Å². The maximum atomic E-state index is 13.0. The molecular weight excluding hydrogens is 399 g/mol. The quantitative estimate of drug-likeness (QED) is 0.615. The van der Waals surface area contributed by atoms with Crippen LogP contribution in [0.15, 0.2) is 54.7 Å². The van der Waals surface area contributed by atoms with E-state index in [-0.39, 0.29) is 17.9 Å². The fourth-order valence-electron chi connectivity index (χ4n) is 2.81. The van der Waals surface area contributed by atoms with Crippen LogP contribution in [0, 0.1) is 6.92 Å². The average Bonchev–Trinajstić information content (AvgIpc) is 3.09. The van der Waals surface area contributed by atoms with Crippen molar-refractivity contribution in [3.05, 3.63) is 77.1 Å². The number of nitrogens with one attached hydrogen (secondary N) is 1. The molecule has 0 aliphatic carbocycles. The minimum absolute atomic E-state index is 0.195. The standard InChI is InChI=1S/C21H18F3N3O3/c1-3-30-20(29)14-7-9-16(10-8-14)26-19(28)18-12-25-27(13(18)2)17-6-4-5-15(11-17)21(22,23)24/h4-12H,3H2,1-2H3,(H,26,28). The molecule has 0 aliphatic rings. The molecule has 1 amide bonds. The van der Waals surface area contributed by atoms with Gasteiger partial charge in [0, 0.05) is 5.69 Å². The van der Waals surface area contributed by atoms with E-state index in [1.807, 2.05) is 0 Å². The number of amides is 1. The van der Waals surface area contributed by atoms with E-state index in [4.69, 9.17) is 4.74 Å². The van der Waals surface area contributed by atoms with Gasteiger partial charge in [0.25, 0.3) is 5.91 Å². The Morgan fingerprint density at radius 2 is 1.83 bits per heavy atom. The number of benzene rings is 2. The highest BCUT2D eigenvalue weighted by Gasteiger charge is 2.30. The average molecular weight is 417 g/mol. The SMILES string of the molecule is CCOC(=O)c1ccc(NC(=O)c2cnn(-c3cccc(C(F)(F)F)c3)c2C)cc1. The van der Waals surface area contributed by atoms with Crippen molar-refractivity contribution in [2.24, 2.45) is 0 Å². The van der Waals surface area contributed by atoms with E-state index >= 15 is 0 Å². The minimum atomic E-state index is -4.48. The van der Waals surface area contributed by atoms with Gasteiger partial charge in [-0.3, -0.25) is 4.79 Å². The molecule has 1 aromatic heterocycles. The molecule has 3 aromatic rings. The lowest BCUT2D eigenvalue weighted by molar-refractivity contribution is -0.137. The van der Waals surface area contributed by atoms with Crippen molar-refractivity contribution < 1.29 is 27.5 Å². The molecule has 1 N–H and O–H groups in total. The Hall–Kier alpha value is -3.62. The summed E-state index contributed by atoms with van der Waals surface area (Å²) in [6.45, 7) is 3.55. The normalized spacial score (nSPS) is 11.2. The van der Waals surface area contributed by atoms with Gasteiger partial charge in [0.2, 0.25) is 0 Å². The van der Waals surface area contributed by atoms with Crippen LogP contribution in [0.2, 0.25) is 0 Å². The van der Waals surface area contributed by atoms with Crippen molar-refractivity contribution in [3.63, 3.8) is 0 Å². The highest BCUT2D eigenvalue weighted by molar-refractivity contribution is 6.05. The van der Waals surface area contributed by atoms with Gasteiger partial charge in [-0.2, -0.15) is 18.3 Å². The summed E-state index contributed by atoms with van der Waals surface area (Å²) < 4.78 is 45.0. The molecule has 0 radical (unpaired) electrons. The number of carbonyl (C=O) groups excluding carboxylic acids is 2. The lowest BCUT2D eigenvalue weighted by atomic mass is 10.1. The van der Waals surface area contributed by atoms with Gasteiger partial charge in [-0.15, -0.1) is 0 Å². The fraction of sp³-hybridized carbons (Fsp3) is 0.190. The summed E-state index contributed by atoms with van der Waals surface area (Å²) in [7, 11) is 0. The van der Waals surface area contributed by atoms with Crippen LogP contribution in [0.3, 0.4) is 0 Å². The van der Waals surface area contributed by atoms with E-state index in [1.165, 1.54) is 35.1 Å². The molecule has 0 saturated heterocycles. The third kappa shape index (κ3) is 4.51. The minimum Gasteiger partial charge on any atom is -0.462 e. The first-order chi connectivity index (χ1) is 14.2. The third-order valence-electron chi connectivity index (χ3n) is 4.33. The number of aromatic nitrogens is 2.